The number of rotatable bonds is 6. The van der Waals surface area contributed by atoms with E-state index >= 15 is 0 Å². The highest BCUT2D eigenvalue weighted by molar-refractivity contribution is 9.09. The fourth-order valence-electron chi connectivity index (χ4n) is 2.35. The number of nitro benzene ring substituents is 1. The molecule has 20 heavy (non-hydrogen) atoms. The highest BCUT2D eigenvalue weighted by atomic mass is 79.9. The summed E-state index contributed by atoms with van der Waals surface area (Å²) < 4.78 is 0. The molecule has 1 aliphatic carbocycles. The molecule has 0 unspecified atom stereocenters. The van der Waals surface area contributed by atoms with Crippen LogP contribution in [0.1, 0.15) is 35.2 Å². The van der Waals surface area contributed by atoms with Crippen LogP contribution in [-0.2, 0) is 0 Å². The van der Waals surface area contributed by atoms with Gasteiger partial charge in [-0.2, -0.15) is 0 Å². The second-order valence-electron chi connectivity index (χ2n) is 5.35. The van der Waals surface area contributed by atoms with Gasteiger partial charge in [0.05, 0.1) is 4.92 Å². The molecule has 0 radical (unpaired) electrons. The molecule has 1 saturated carbocycles. The van der Waals surface area contributed by atoms with E-state index in [0.29, 0.717) is 12.1 Å². The van der Waals surface area contributed by atoms with Gasteiger partial charge in [-0.15, -0.1) is 0 Å². The molecular formula is C14H17BrN2O3. The zero-order chi connectivity index (χ0) is 14.8. The molecule has 0 aliphatic heterocycles. The first kappa shape index (κ1) is 15.0. The van der Waals surface area contributed by atoms with Gasteiger partial charge in [-0.3, -0.25) is 14.9 Å². The van der Waals surface area contributed by atoms with Gasteiger partial charge in [0.1, 0.15) is 5.56 Å². The van der Waals surface area contributed by atoms with Crippen LogP contribution in [0.4, 0.5) is 5.69 Å². The summed E-state index contributed by atoms with van der Waals surface area (Å²) in [5.41, 5.74) is 0.860. The van der Waals surface area contributed by atoms with Crippen molar-refractivity contribution in [3.8, 4) is 0 Å². The molecule has 108 valence electrons. The lowest BCUT2D eigenvalue weighted by Crippen LogP contribution is -2.31. The van der Waals surface area contributed by atoms with E-state index in [2.05, 4.69) is 21.2 Å². The number of carbonyl (C=O) groups excluding carboxylic acids is 1. The number of nitrogens with one attached hydrogen (secondary N) is 1. The van der Waals surface area contributed by atoms with Crippen LogP contribution >= 0.6 is 15.9 Å². The standard InChI is InChI=1S/C14H17BrN2O3/c1-10-3-2-4-11(17(19)20)12(10)13(18)16-9-14(5-6-14)7-8-15/h2-4H,5-9H2,1H3,(H,16,18). The average molecular weight is 341 g/mol. The monoisotopic (exact) mass is 340 g/mol. The van der Waals surface area contributed by atoms with Gasteiger partial charge in [0, 0.05) is 17.9 Å². The zero-order valence-corrected chi connectivity index (χ0v) is 12.9. The Morgan fingerprint density at radius 3 is 2.75 bits per heavy atom. The van der Waals surface area contributed by atoms with Gasteiger partial charge in [-0.1, -0.05) is 28.1 Å². The number of amides is 1. The fraction of sp³-hybridized carbons (Fsp3) is 0.500. The van der Waals surface area contributed by atoms with E-state index in [-0.39, 0.29) is 22.6 Å². The molecule has 1 N–H and O–H groups in total. The summed E-state index contributed by atoms with van der Waals surface area (Å²) in [6.07, 6.45) is 3.23. The number of nitro groups is 1. The molecule has 1 aromatic carbocycles. The number of benzene rings is 1. The summed E-state index contributed by atoms with van der Waals surface area (Å²) in [5, 5.41) is 14.8. The van der Waals surface area contributed by atoms with E-state index in [1.165, 1.54) is 6.07 Å². The van der Waals surface area contributed by atoms with E-state index in [0.717, 1.165) is 24.6 Å². The molecular weight excluding hydrogens is 324 g/mol. The number of nitrogens with zero attached hydrogens (tertiary/aromatic N) is 1. The van der Waals surface area contributed by atoms with Crippen LogP contribution in [0.5, 0.6) is 0 Å². The van der Waals surface area contributed by atoms with Gasteiger partial charge in [0.2, 0.25) is 0 Å². The van der Waals surface area contributed by atoms with E-state index < -0.39 is 4.92 Å². The van der Waals surface area contributed by atoms with Crippen molar-refractivity contribution in [2.45, 2.75) is 26.2 Å². The van der Waals surface area contributed by atoms with Gasteiger partial charge in [0.25, 0.3) is 11.6 Å². The topological polar surface area (TPSA) is 72.2 Å². The van der Waals surface area contributed by atoms with Crippen LogP contribution in [0.2, 0.25) is 0 Å². The fourth-order valence-corrected chi connectivity index (χ4v) is 3.19. The summed E-state index contributed by atoms with van der Waals surface area (Å²) in [6.45, 7) is 2.30. The zero-order valence-electron chi connectivity index (χ0n) is 11.3. The van der Waals surface area contributed by atoms with Crippen molar-refractivity contribution in [2.75, 3.05) is 11.9 Å². The number of aryl methyl sites for hydroxylation is 1. The lowest BCUT2D eigenvalue weighted by Gasteiger charge is -2.15. The molecule has 5 nitrogen and oxygen atoms in total. The van der Waals surface area contributed by atoms with Crippen molar-refractivity contribution in [2.24, 2.45) is 5.41 Å². The molecule has 1 aliphatic rings. The highest BCUT2D eigenvalue weighted by Gasteiger charge is 2.42. The van der Waals surface area contributed by atoms with Gasteiger partial charge < -0.3 is 5.32 Å². The Morgan fingerprint density at radius 1 is 1.50 bits per heavy atom. The van der Waals surface area contributed by atoms with Gasteiger partial charge >= 0.3 is 0 Å². The maximum absolute atomic E-state index is 12.2. The lowest BCUT2D eigenvalue weighted by molar-refractivity contribution is -0.385. The largest absolute Gasteiger partial charge is 0.351 e. The molecule has 0 aromatic heterocycles. The van der Waals surface area contributed by atoms with Crippen molar-refractivity contribution < 1.29 is 9.72 Å². The van der Waals surface area contributed by atoms with Gasteiger partial charge in [-0.05, 0) is 37.2 Å². The molecule has 1 amide bonds. The van der Waals surface area contributed by atoms with E-state index in [4.69, 9.17) is 0 Å². The third kappa shape index (κ3) is 3.17. The van der Waals surface area contributed by atoms with Crippen molar-refractivity contribution in [1.82, 2.24) is 5.32 Å². The number of hydrogen-bond acceptors (Lipinski definition) is 3. The summed E-state index contributed by atoms with van der Waals surface area (Å²) >= 11 is 3.42. The minimum atomic E-state index is -0.507. The average Bonchev–Trinajstić information content (AvgIpc) is 3.16. The van der Waals surface area contributed by atoms with E-state index in [1.54, 1.807) is 19.1 Å². The number of carbonyl (C=O) groups is 1. The number of halogens is 1. The molecule has 1 fully saturated rings. The highest BCUT2D eigenvalue weighted by Crippen LogP contribution is 2.48. The first-order valence-corrected chi connectivity index (χ1v) is 7.69. The molecule has 0 saturated heterocycles. The van der Waals surface area contributed by atoms with Crippen molar-refractivity contribution >= 4 is 27.5 Å². The van der Waals surface area contributed by atoms with Crippen LogP contribution in [0.3, 0.4) is 0 Å². The lowest BCUT2D eigenvalue weighted by atomic mass is 10.0. The van der Waals surface area contributed by atoms with Crippen LogP contribution < -0.4 is 5.32 Å². The Morgan fingerprint density at radius 2 is 2.20 bits per heavy atom. The first-order chi connectivity index (χ1) is 9.49. The van der Waals surface area contributed by atoms with Crippen molar-refractivity contribution in [3.05, 3.63) is 39.4 Å². The number of alkyl halides is 1. The summed E-state index contributed by atoms with van der Waals surface area (Å²) in [5.74, 6) is -0.351. The second kappa shape index (κ2) is 5.91. The van der Waals surface area contributed by atoms with Crippen LogP contribution in [0.15, 0.2) is 18.2 Å². The third-order valence-electron chi connectivity index (χ3n) is 3.88. The van der Waals surface area contributed by atoms with Crippen LogP contribution in [0, 0.1) is 22.5 Å². The number of hydrogen-bond donors (Lipinski definition) is 1. The summed E-state index contributed by atoms with van der Waals surface area (Å²) in [4.78, 5) is 22.7. The minimum absolute atomic E-state index is 0.132. The maximum Gasteiger partial charge on any atom is 0.282 e. The molecule has 0 bridgehead atoms. The quantitative estimate of drug-likeness (QED) is 0.491. The van der Waals surface area contributed by atoms with Crippen molar-refractivity contribution in [3.63, 3.8) is 0 Å². The Bertz CT molecular complexity index is 541. The predicted octanol–water partition coefficient (Wildman–Crippen LogP) is 3.20. The first-order valence-electron chi connectivity index (χ1n) is 6.57. The normalized spacial score (nSPS) is 15.7. The van der Waals surface area contributed by atoms with Crippen LogP contribution in [0.25, 0.3) is 0 Å². The third-order valence-corrected chi connectivity index (χ3v) is 4.28. The SMILES string of the molecule is Cc1cccc([N+](=O)[O-])c1C(=O)NCC1(CCBr)CC1. The Balaban J connectivity index is 2.12. The Labute approximate surface area is 126 Å². The van der Waals surface area contributed by atoms with E-state index in [9.17, 15) is 14.9 Å². The minimum Gasteiger partial charge on any atom is -0.351 e. The predicted molar refractivity (Wildman–Crippen MR) is 80.2 cm³/mol. The van der Waals surface area contributed by atoms with E-state index in [1.807, 2.05) is 0 Å². The molecule has 0 spiro atoms. The van der Waals surface area contributed by atoms with Gasteiger partial charge in [-0.25, -0.2) is 0 Å². The molecule has 2 rings (SSSR count). The summed E-state index contributed by atoms with van der Waals surface area (Å²) in [6, 6.07) is 4.68. The molecule has 6 heteroatoms. The van der Waals surface area contributed by atoms with Crippen molar-refractivity contribution in [1.29, 1.82) is 0 Å². The molecule has 1 aromatic rings. The van der Waals surface area contributed by atoms with Crippen LogP contribution in [-0.4, -0.2) is 22.7 Å². The Hall–Kier alpha value is -1.43. The summed E-state index contributed by atoms with van der Waals surface area (Å²) in [7, 11) is 0. The second-order valence-corrected chi connectivity index (χ2v) is 6.14. The Kier molecular flexibility index (Phi) is 4.42. The molecule has 0 heterocycles. The maximum atomic E-state index is 12.2. The smallest absolute Gasteiger partial charge is 0.282 e. The van der Waals surface area contributed by atoms with Gasteiger partial charge in [0.15, 0.2) is 0 Å². The molecule has 0 atom stereocenters.